The summed E-state index contributed by atoms with van der Waals surface area (Å²) in [5.74, 6) is 2.60. The fourth-order valence-electron chi connectivity index (χ4n) is 4.61. The molecule has 0 bridgehead atoms. The molecular formula is C26H32N2O7. The predicted octanol–water partition coefficient (Wildman–Crippen LogP) is 4.93. The van der Waals surface area contributed by atoms with Crippen LogP contribution in [-0.4, -0.2) is 45.0 Å². The van der Waals surface area contributed by atoms with Crippen molar-refractivity contribution >= 4 is 0 Å². The summed E-state index contributed by atoms with van der Waals surface area (Å²) >= 11 is 0. The van der Waals surface area contributed by atoms with Gasteiger partial charge in [-0.2, -0.15) is 5.26 Å². The molecule has 9 nitrogen and oxygen atoms in total. The van der Waals surface area contributed by atoms with E-state index in [4.69, 9.17) is 23.7 Å². The van der Waals surface area contributed by atoms with E-state index >= 15 is 0 Å². The monoisotopic (exact) mass is 484 g/mol. The lowest BCUT2D eigenvalue weighted by atomic mass is 9.74. The first kappa shape index (κ1) is 25.9. The van der Waals surface area contributed by atoms with Crippen LogP contribution in [0.25, 0.3) is 0 Å². The van der Waals surface area contributed by atoms with Gasteiger partial charge in [0.05, 0.1) is 39.2 Å². The predicted molar refractivity (Wildman–Crippen MR) is 129 cm³/mol. The van der Waals surface area contributed by atoms with Crippen LogP contribution in [0.3, 0.4) is 0 Å². The van der Waals surface area contributed by atoms with E-state index in [2.05, 4.69) is 6.07 Å². The number of para-hydroxylation sites is 2. The highest BCUT2D eigenvalue weighted by Gasteiger charge is 2.37. The Morgan fingerprint density at radius 3 is 2.46 bits per heavy atom. The number of hydrogen-bond acceptors (Lipinski definition) is 8. The van der Waals surface area contributed by atoms with Gasteiger partial charge >= 0.3 is 0 Å². The van der Waals surface area contributed by atoms with E-state index < -0.39 is 17.6 Å². The zero-order valence-electron chi connectivity index (χ0n) is 20.6. The molecule has 1 aliphatic heterocycles. The van der Waals surface area contributed by atoms with E-state index in [9.17, 15) is 15.4 Å². The van der Waals surface area contributed by atoms with Crippen molar-refractivity contribution in [1.29, 1.82) is 5.26 Å². The Hall–Kier alpha value is -3.67. The first-order valence-electron chi connectivity index (χ1n) is 11.7. The number of nitro groups is 1. The Morgan fingerprint density at radius 1 is 1.14 bits per heavy atom. The highest BCUT2D eigenvalue weighted by Crippen LogP contribution is 2.47. The number of nitriles is 1. The van der Waals surface area contributed by atoms with Crippen molar-refractivity contribution in [3.05, 3.63) is 52.1 Å². The van der Waals surface area contributed by atoms with Crippen LogP contribution in [0.15, 0.2) is 36.4 Å². The molecule has 1 aliphatic rings. The molecule has 2 aromatic carbocycles. The van der Waals surface area contributed by atoms with E-state index in [1.54, 1.807) is 12.1 Å². The SMILES string of the molecule is CCC(C#N)(CCCC(CC1COc2ccccc2O1)[N+](=O)[O-])c1ccc(OC)c(OC)c1OC. The van der Waals surface area contributed by atoms with Gasteiger partial charge in [0.2, 0.25) is 11.8 Å². The first-order chi connectivity index (χ1) is 16.9. The molecule has 0 saturated heterocycles. The number of benzene rings is 2. The molecule has 0 saturated carbocycles. The minimum atomic E-state index is -0.893. The maximum atomic E-state index is 11.8. The third kappa shape index (κ3) is 5.53. The molecule has 3 unspecified atom stereocenters. The highest BCUT2D eigenvalue weighted by molar-refractivity contribution is 5.59. The molecule has 3 atom stereocenters. The molecule has 0 radical (unpaired) electrons. The molecule has 35 heavy (non-hydrogen) atoms. The van der Waals surface area contributed by atoms with Crippen LogP contribution >= 0.6 is 0 Å². The molecule has 9 heteroatoms. The smallest absolute Gasteiger partial charge is 0.216 e. The lowest BCUT2D eigenvalue weighted by Gasteiger charge is -2.29. The minimum Gasteiger partial charge on any atom is -0.493 e. The maximum Gasteiger partial charge on any atom is 0.216 e. The Balaban J connectivity index is 1.73. The van der Waals surface area contributed by atoms with Crippen LogP contribution in [0.4, 0.5) is 0 Å². The van der Waals surface area contributed by atoms with Crippen molar-refractivity contribution in [3.63, 3.8) is 0 Å². The van der Waals surface area contributed by atoms with Crippen LogP contribution in [0.1, 0.15) is 44.6 Å². The van der Waals surface area contributed by atoms with Crippen LogP contribution in [0.2, 0.25) is 0 Å². The summed E-state index contributed by atoms with van der Waals surface area (Å²) in [5, 5.41) is 22.1. The quantitative estimate of drug-likeness (QED) is 0.308. The molecular weight excluding hydrogens is 452 g/mol. The van der Waals surface area contributed by atoms with E-state index in [1.165, 1.54) is 21.3 Å². The average molecular weight is 485 g/mol. The summed E-state index contributed by atoms with van der Waals surface area (Å²) in [4.78, 5) is 11.6. The standard InChI is InChI=1S/C26H32N2O7/c1-5-26(17-27,20-12-13-23(31-2)25(33-4)24(20)32-3)14-8-9-18(28(29)30)15-19-16-34-21-10-6-7-11-22(21)35-19/h6-7,10-13,18-19H,5,8-9,14-16H2,1-4H3. The van der Waals surface area contributed by atoms with Crippen LogP contribution in [0, 0.1) is 21.4 Å². The van der Waals surface area contributed by atoms with Gasteiger partial charge in [-0.25, -0.2) is 0 Å². The number of methoxy groups -OCH3 is 3. The fourth-order valence-corrected chi connectivity index (χ4v) is 4.61. The van der Waals surface area contributed by atoms with E-state index in [1.807, 2.05) is 31.2 Å². The number of fused-ring (bicyclic) bond motifs is 1. The van der Waals surface area contributed by atoms with E-state index in [0.29, 0.717) is 60.0 Å². The van der Waals surface area contributed by atoms with Gasteiger partial charge in [0.1, 0.15) is 12.7 Å². The van der Waals surface area contributed by atoms with Gasteiger partial charge in [-0.05, 0) is 43.5 Å². The molecule has 188 valence electrons. The maximum absolute atomic E-state index is 11.8. The number of rotatable bonds is 12. The Morgan fingerprint density at radius 2 is 1.86 bits per heavy atom. The van der Waals surface area contributed by atoms with Crippen molar-refractivity contribution in [2.45, 2.75) is 56.6 Å². The van der Waals surface area contributed by atoms with Crippen LogP contribution in [0.5, 0.6) is 28.7 Å². The summed E-state index contributed by atoms with van der Waals surface area (Å²) < 4.78 is 28.1. The Bertz CT molecular complexity index is 1070. The van der Waals surface area contributed by atoms with Gasteiger partial charge in [-0.3, -0.25) is 10.1 Å². The third-order valence-corrected chi connectivity index (χ3v) is 6.58. The summed E-state index contributed by atoms with van der Waals surface area (Å²) in [5.41, 5.74) is -0.212. The largest absolute Gasteiger partial charge is 0.493 e. The Kier molecular flexibility index (Phi) is 8.63. The molecule has 2 aromatic rings. The number of hydrogen-bond donors (Lipinski definition) is 0. The van der Waals surface area contributed by atoms with Crippen molar-refractivity contribution in [2.24, 2.45) is 0 Å². The molecule has 0 aliphatic carbocycles. The van der Waals surface area contributed by atoms with Crippen molar-refractivity contribution < 1.29 is 28.6 Å². The summed E-state index contributed by atoms with van der Waals surface area (Å²) in [6.45, 7) is 2.19. The second-order valence-electron chi connectivity index (χ2n) is 8.49. The lowest BCUT2D eigenvalue weighted by Crippen LogP contribution is -2.35. The van der Waals surface area contributed by atoms with E-state index in [0.717, 1.165) is 0 Å². The number of ether oxygens (including phenoxy) is 5. The van der Waals surface area contributed by atoms with Gasteiger partial charge in [0.15, 0.2) is 23.0 Å². The second kappa shape index (κ2) is 11.6. The average Bonchev–Trinajstić information content (AvgIpc) is 2.89. The lowest BCUT2D eigenvalue weighted by molar-refractivity contribution is -0.526. The van der Waals surface area contributed by atoms with Crippen molar-refractivity contribution in [3.8, 4) is 34.8 Å². The normalized spacial score (nSPS) is 16.9. The third-order valence-electron chi connectivity index (χ3n) is 6.58. The topological polar surface area (TPSA) is 113 Å². The van der Waals surface area contributed by atoms with Crippen molar-refractivity contribution in [1.82, 2.24) is 0 Å². The molecule has 0 N–H and O–H groups in total. The first-order valence-corrected chi connectivity index (χ1v) is 11.7. The van der Waals surface area contributed by atoms with Gasteiger partial charge in [0, 0.05) is 16.9 Å². The molecule has 0 aromatic heterocycles. The van der Waals surface area contributed by atoms with Crippen molar-refractivity contribution in [2.75, 3.05) is 27.9 Å². The zero-order chi connectivity index (χ0) is 25.4. The Labute approximate surface area is 205 Å². The molecule has 3 rings (SSSR count). The molecule has 1 heterocycles. The summed E-state index contributed by atoms with van der Waals surface area (Å²) in [7, 11) is 4.57. The molecule has 0 spiro atoms. The summed E-state index contributed by atoms with van der Waals surface area (Å²) in [6, 6.07) is 12.5. The van der Waals surface area contributed by atoms with Gasteiger partial charge in [0.25, 0.3) is 0 Å². The van der Waals surface area contributed by atoms with Crippen LogP contribution in [-0.2, 0) is 5.41 Å². The number of nitrogens with zero attached hydrogens (tertiary/aromatic N) is 2. The molecule has 0 amide bonds. The minimum absolute atomic E-state index is 0.229. The summed E-state index contributed by atoms with van der Waals surface area (Å²) in [6.07, 6.45) is 1.56. The second-order valence-corrected chi connectivity index (χ2v) is 8.49. The van der Waals surface area contributed by atoms with Gasteiger partial charge in [-0.1, -0.05) is 19.1 Å². The van der Waals surface area contributed by atoms with Gasteiger partial charge in [-0.15, -0.1) is 0 Å². The van der Waals surface area contributed by atoms with Gasteiger partial charge < -0.3 is 23.7 Å². The highest BCUT2D eigenvalue weighted by atomic mass is 16.6. The molecule has 0 fully saturated rings. The fraction of sp³-hybridized carbons (Fsp3) is 0.500. The van der Waals surface area contributed by atoms with Crippen LogP contribution < -0.4 is 23.7 Å². The zero-order valence-corrected chi connectivity index (χ0v) is 20.6. The van der Waals surface area contributed by atoms with E-state index in [-0.39, 0.29) is 18.0 Å².